The Labute approximate surface area is 110 Å². The van der Waals surface area contributed by atoms with Crippen LogP contribution < -0.4 is 5.32 Å². The largest absolute Gasteiger partial charge is 0.367 e. The molecule has 0 aromatic carbocycles. The van der Waals surface area contributed by atoms with Crippen molar-refractivity contribution in [3.05, 3.63) is 18.1 Å². The van der Waals surface area contributed by atoms with Gasteiger partial charge in [-0.2, -0.15) is 0 Å². The molecule has 0 aliphatic heterocycles. The van der Waals surface area contributed by atoms with Crippen molar-refractivity contribution in [3.8, 4) is 0 Å². The molecular weight excluding hydrogens is 222 g/mol. The maximum atomic E-state index is 4.33. The van der Waals surface area contributed by atoms with Gasteiger partial charge in [0.1, 0.15) is 12.1 Å². The predicted octanol–water partition coefficient (Wildman–Crippen LogP) is 3.98. The molecule has 100 valence electrons. The number of hydrogen-bond donors (Lipinski definition) is 1. The Morgan fingerprint density at radius 1 is 1.22 bits per heavy atom. The smallest absolute Gasteiger partial charge is 0.129 e. The molecule has 0 bridgehead atoms. The third kappa shape index (κ3) is 3.44. The van der Waals surface area contributed by atoms with Crippen LogP contribution in [-0.2, 0) is 0 Å². The number of aromatic nitrogens is 2. The Balaban J connectivity index is 1.92. The summed E-state index contributed by atoms with van der Waals surface area (Å²) in [6.07, 6.45) is 8.28. The van der Waals surface area contributed by atoms with E-state index in [-0.39, 0.29) is 0 Å². The van der Waals surface area contributed by atoms with Gasteiger partial charge in [0.05, 0.1) is 0 Å². The Morgan fingerprint density at radius 3 is 2.56 bits per heavy atom. The molecule has 0 radical (unpaired) electrons. The van der Waals surface area contributed by atoms with Crippen molar-refractivity contribution in [2.24, 2.45) is 5.92 Å². The second kappa shape index (κ2) is 6.17. The molecule has 1 aliphatic carbocycles. The van der Waals surface area contributed by atoms with E-state index in [9.17, 15) is 0 Å². The van der Waals surface area contributed by atoms with Gasteiger partial charge in [0.2, 0.25) is 0 Å². The first-order valence-corrected chi connectivity index (χ1v) is 7.27. The van der Waals surface area contributed by atoms with Gasteiger partial charge in [-0.1, -0.05) is 27.2 Å². The fraction of sp³-hybridized carbons (Fsp3) is 0.733. The lowest BCUT2D eigenvalue weighted by Crippen LogP contribution is -2.26. The molecular formula is C15H25N3. The van der Waals surface area contributed by atoms with Gasteiger partial charge in [0.15, 0.2) is 0 Å². The summed E-state index contributed by atoms with van der Waals surface area (Å²) in [6.45, 7) is 6.63. The van der Waals surface area contributed by atoms with Gasteiger partial charge in [-0.05, 0) is 37.5 Å². The average molecular weight is 247 g/mol. The van der Waals surface area contributed by atoms with Gasteiger partial charge in [-0.3, -0.25) is 0 Å². The summed E-state index contributed by atoms with van der Waals surface area (Å²) in [6, 6.07) is 2.69. The molecule has 1 heterocycles. The van der Waals surface area contributed by atoms with Gasteiger partial charge >= 0.3 is 0 Å². The zero-order valence-corrected chi connectivity index (χ0v) is 11.8. The van der Waals surface area contributed by atoms with Crippen LogP contribution in [0.2, 0.25) is 0 Å². The van der Waals surface area contributed by atoms with Gasteiger partial charge in [0, 0.05) is 17.8 Å². The molecule has 1 fully saturated rings. The number of rotatable bonds is 4. The highest BCUT2D eigenvalue weighted by atomic mass is 15.0. The molecule has 1 N–H and O–H groups in total. The summed E-state index contributed by atoms with van der Waals surface area (Å²) in [5.74, 6) is 2.40. The van der Waals surface area contributed by atoms with E-state index < -0.39 is 0 Å². The fourth-order valence-electron chi connectivity index (χ4n) is 2.69. The third-order valence-corrected chi connectivity index (χ3v) is 4.06. The molecule has 0 unspecified atom stereocenters. The van der Waals surface area contributed by atoms with Crippen molar-refractivity contribution < 1.29 is 0 Å². The molecule has 18 heavy (non-hydrogen) atoms. The normalized spacial score (nSPS) is 24.2. The third-order valence-electron chi connectivity index (χ3n) is 4.06. The van der Waals surface area contributed by atoms with Crippen LogP contribution in [0, 0.1) is 5.92 Å². The van der Waals surface area contributed by atoms with E-state index in [4.69, 9.17) is 0 Å². The molecule has 3 heteroatoms. The molecule has 1 aliphatic rings. The van der Waals surface area contributed by atoms with E-state index in [2.05, 4.69) is 42.1 Å². The van der Waals surface area contributed by atoms with Gasteiger partial charge < -0.3 is 5.32 Å². The monoisotopic (exact) mass is 247 g/mol. The summed E-state index contributed by atoms with van der Waals surface area (Å²) >= 11 is 0. The second-order valence-corrected chi connectivity index (χ2v) is 5.75. The first kappa shape index (κ1) is 13.3. The van der Waals surface area contributed by atoms with Crippen LogP contribution in [0.4, 0.5) is 5.82 Å². The van der Waals surface area contributed by atoms with Crippen LogP contribution in [0.1, 0.15) is 64.5 Å². The Kier molecular flexibility index (Phi) is 4.56. The fourth-order valence-corrected chi connectivity index (χ4v) is 2.69. The molecule has 2 rings (SSSR count). The summed E-state index contributed by atoms with van der Waals surface area (Å²) < 4.78 is 0. The topological polar surface area (TPSA) is 37.8 Å². The Bertz CT molecular complexity index is 368. The Morgan fingerprint density at radius 2 is 1.94 bits per heavy atom. The molecule has 0 saturated heterocycles. The van der Waals surface area contributed by atoms with E-state index in [0.717, 1.165) is 17.4 Å². The minimum Gasteiger partial charge on any atom is -0.367 e. The summed E-state index contributed by atoms with van der Waals surface area (Å²) in [7, 11) is 0. The van der Waals surface area contributed by atoms with Gasteiger partial charge in [-0.25, -0.2) is 9.97 Å². The van der Waals surface area contributed by atoms with Crippen LogP contribution in [0.15, 0.2) is 12.4 Å². The van der Waals surface area contributed by atoms with Crippen LogP contribution in [-0.4, -0.2) is 16.0 Å². The lowest BCUT2D eigenvalue weighted by atomic mass is 9.84. The van der Waals surface area contributed by atoms with Crippen LogP contribution in [0.5, 0.6) is 0 Å². The predicted molar refractivity (Wildman–Crippen MR) is 75.8 cm³/mol. The molecule has 0 spiro atoms. The molecule has 1 aromatic heterocycles. The Hall–Kier alpha value is -1.12. The number of nitrogens with one attached hydrogen (secondary N) is 1. The van der Waals surface area contributed by atoms with Gasteiger partial charge in [-0.15, -0.1) is 0 Å². The number of hydrogen-bond acceptors (Lipinski definition) is 3. The van der Waals surface area contributed by atoms with E-state index >= 15 is 0 Å². The minimum absolute atomic E-state index is 0.462. The van der Waals surface area contributed by atoms with E-state index in [1.165, 1.54) is 32.1 Å². The highest BCUT2D eigenvalue weighted by Gasteiger charge is 2.20. The van der Waals surface area contributed by atoms with Crippen LogP contribution in [0.25, 0.3) is 0 Å². The standard InChI is InChI=1S/C15H25N3/c1-4-12-5-7-13(8-6-12)18-15-9-14(11(2)3)16-10-17-15/h9-13H,4-8H2,1-3H3,(H,16,17,18). The van der Waals surface area contributed by atoms with Gasteiger partial charge in [0.25, 0.3) is 0 Å². The van der Waals surface area contributed by atoms with Crippen LogP contribution in [0.3, 0.4) is 0 Å². The van der Waals surface area contributed by atoms with Crippen molar-refractivity contribution in [2.45, 2.75) is 64.8 Å². The van der Waals surface area contributed by atoms with E-state index in [0.29, 0.717) is 12.0 Å². The highest BCUT2D eigenvalue weighted by Crippen LogP contribution is 2.28. The van der Waals surface area contributed by atoms with Crippen LogP contribution >= 0.6 is 0 Å². The summed E-state index contributed by atoms with van der Waals surface area (Å²) in [5.41, 5.74) is 1.12. The molecule has 3 nitrogen and oxygen atoms in total. The molecule has 1 aromatic rings. The first-order valence-electron chi connectivity index (χ1n) is 7.27. The van der Waals surface area contributed by atoms with Crippen molar-refractivity contribution in [1.29, 1.82) is 0 Å². The lowest BCUT2D eigenvalue weighted by molar-refractivity contribution is 0.330. The van der Waals surface area contributed by atoms with E-state index in [1.807, 2.05) is 0 Å². The molecule has 1 saturated carbocycles. The maximum Gasteiger partial charge on any atom is 0.129 e. The average Bonchev–Trinajstić information content (AvgIpc) is 2.40. The zero-order chi connectivity index (χ0) is 13.0. The quantitative estimate of drug-likeness (QED) is 0.874. The zero-order valence-electron chi connectivity index (χ0n) is 11.8. The van der Waals surface area contributed by atoms with Crippen molar-refractivity contribution in [3.63, 3.8) is 0 Å². The maximum absolute atomic E-state index is 4.33. The summed E-state index contributed by atoms with van der Waals surface area (Å²) in [5, 5.41) is 3.57. The van der Waals surface area contributed by atoms with Crippen molar-refractivity contribution >= 4 is 5.82 Å². The first-order chi connectivity index (χ1) is 8.69. The lowest BCUT2D eigenvalue weighted by Gasteiger charge is -2.28. The SMILES string of the molecule is CCC1CCC(Nc2cc(C(C)C)ncn2)CC1. The summed E-state index contributed by atoms with van der Waals surface area (Å²) in [4.78, 5) is 8.64. The molecule has 0 atom stereocenters. The van der Waals surface area contributed by atoms with E-state index in [1.54, 1.807) is 6.33 Å². The number of nitrogens with zero attached hydrogens (tertiary/aromatic N) is 2. The van der Waals surface area contributed by atoms with Crippen molar-refractivity contribution in [2.75, 3.05) is 5.32 Å². The highest BCUT2D eigenvalue weighted by molar-refractivity contribution is 5.36. The number of anilines is 1. The second-order valence-electron chi connectivity index (χ2n) is 5.75. The van der Waals surface area contributed by atoms with Crippen molar-refractivity contribution in [1.82, 2.24) is 9.97 Å². The molecule has 0 amide bonds. The minimum atomic E-state index is 0.462.